The molecule has 0 saturated heterocycles. The van der Waals surface area contributed by atoms with Gasteiger partial charge in [0.1, 0.15) is 6.61 Å². The van der Waals surface area contributed by atoms with E-state index in [2.05, 4.69) is 31.6 Å². The number of hydrogen-bond donors (Lipinski definition) is 2. The number of amides is 1. The van der Waals surface area contributed by atoms with E-state index in [1.165, 1.54) is 11.0 Å². The van der Waals surface area contributed by atoms with E-state index in [1.54, 1.807) is 14.1 Å². The number of carbonyl (C=O) groups is 2. The molecular formula is C10H13N5O4. The molecule has 19 heavy (non-hydrogen) atoms. The van der Waals surface area contributed by atoms with Crippen LogP contribution in [0.5, 0.6) is 0 Å². The highest BCUT2D eigenvalue weighted by Crippen LogP contribution is 2.08. The Kier molecular flexibility index (Phi) is 4.75. The number of aromatic nitrogens is 3. The number of carbonyl (C=O) groups excluding carboxylic acids is 1. The maximum atomic E-state index is 11.3. The van der Waals surface area contributed by atoms with Gasteiger partial charge in [0.05, 0.1) is 0 Å². The molecule has 1 aromatic rings. The first-order chi connectivity index (χ1) is 8.93. The Hall–Kier alpha value is -2.71. The molecule has 0 radical (unpaired) electrons. The van der Waals surface area contributed by atoms with E-state index in [-0.39, 0.29) is 18.5 Å². The molecule has 1 rings (SSSR count). The van der Waals surface area contributed by atoms with E-state index in [1.807, 2.05) is 0 Å². The monoisotopic (exact) mass is 267 g/mol. The second kappa shape index (κ2) is 6.28. The normalized spacial score (nSPS) is 9.58. The van der Waals surface area contributed by atoms with Gasteiger partial charge < -0.3 is 14.7 Å². The number of carboxylic acids is 1. The summed E-state index contributed by atoms with van der Waals surface area (Å²) in [6, 6.07) is 0. The van der Waals surface area contributed by atoms with Crippen LogP contribution in [0, 0.1) is 0 Å². The Balaban J connectivity index is 2.96. The Morgan fingerprint density at radius 1 is 1.42 bits per heavy atom. The molecule has 1 amide bonds. The van der Waals surface area contributed by atoms with Crippen molar-refractivity contribution in [2.24, 2.45) is 0 Å². The van der Waals surface area contributed by atoms with Crippen molar-refractivity contribution in [3.05, 3.63) is 18.5 Å². The van der Waals surface area contributed by atoms with E-state index < -0.39 is 17.9 Å². The summed E-state index contributed by atoms with van der Waals surface area (Å²) in [5.41, 5.74) is 0. The van der Waals surface area contributed by atoms with Crippen LogP contribution in [0.1, 0.15) is 10.6 Å². The minimum absolute atomic E-state index is 0.0171. The summed E-state index contributed by atoms with van der Waals surface area (Å²) in [7, 11) is 3.25. The van der Waals surface area contributed by atoms with Crippen molar-refractivity contribution in [1.29, 1.82) is 0 Å². The smallest absolute Gasteiger partial charge is 0.414 e. The van der Waals surface area contributed by atoms with Gasteiger partial charge in [0.2, 0.25) is 17.7 Å². The van der Waals surface area contributed by atoms with Gasteiger partial charge in [-0.25, -0.2) is 9.59 Å². The van der Waals surface area contributed by atoms with Crippen LogP contribution in [-0.2, 0) is 4.74 Å². The zero-order chi connectivity index (χ0) is 14.4. The average Bonchev–Trinajstić information content (AvgIpc) is 2.35. The third kappa shape index (κ3) is 4.22. The van der Waals surface area contributed by atoms with Crippen molar-refractivity contribution in [3.63, 3.8) is 0 Å². The fourth-order valence-electron chi connectivity index (χ4n) is 0.978. The lowest BCUT2D eigenvalue weighted by Crippen LogP contribution is -2.21. The summed E-state index contributed by atoms with van der Waals surface area (Å²) >= 11 is 0. The molecule has 0 aliphatic rings. The molecule has 0 unspecified atom stereocenters. The molecule has 0 bridgehead atoms. The van der Waals surface area contributed by atoms with Gasteiger partial charge in [-0.1, -0.05) is 12.7 Å². The SMILES string of the molecule is C=CCOC(=O)Nc1nc(C(=O)O)nc(N(C)C)n1. The Labute approximate surface area is 108 Å². The van der Waals surface area contributed by atoms with Crippen LogP contribution in [-0.4, -0.2) is 52.8 Å². The standard InChI is InChI=1S/C10H13N5O4/c1-4-5-19-10(18)14-8-11-6(7(16)17)12-9(13-8)15(2)3/h4H,1,5H2,2-3H3,(H,16,17)(H,11,12,13,14,18). The van der Waals surface area contributed by atoms with E-state index >= 15 is 0 Å². The third-order valence-corrected chi connectivity index (χ3v) is 1.76. The molecule has 9 nitrogen and oxygen atoms in total. The molecule has 102 valence electrons. The van der Waals surface area contributed by atoms with Crippen LogP contribution >= 0.6 is 0 Å². The lowest BCUT2D eigenvalue weighted by atomic mass is 10.6. The van der Waals surface area contributed by atoms with Crippen LogP contribution in [0.25, 0.3) is 0 Å². The van der Waals surface area contributed by atoms with Gasteiger partial charge in [-0.15, -0.1) is 0 Å². The molecular weight excluding hydrogens is 254 g/mol. The topological polar surface area (TPSA) is 118 Å². The van der Waals surface area contributed by atoms with Gasteiger partial charge in [-0.2, -0.15) is 15.0 Å². The first kappa shape index (κ1) is 14.4. The molecule has 0 fully saturated rings. The summed E-state index contributed by atoms with van der Waals surface area (Å²) in [6.07, 6.45) is 0.577. The molecule has 0 aromatic carbocycles. The highest BCUT2D eigenvalue weighted by molar-refractivity contribution is 5.86. The van der Waals surface area contributed by atoms with E-state index in [9.17, 15) is 9.59 Å². The fourth-order valence-corrected chi connectivity index (χ4v) is 0.978. The number of rotatable bonds is 5. The number of nitrogens with one attached hydrogen (secondary N) is 1. The highest BCUT2D eigenvalue weighted by Gasteiger charge is 2.15. The number of carboxylic acid groups (broad SMARTS) is 1. The van der Waals surface area contributed by atoms with Crippen molar-refractivity contribution >= 4 is 24.0 Å². The van der Waals surface area contributed by atoms with Gasteiger partial charge in [0, 0.05) is 14.1 Å². The minimum atomic E-state index is -1.33. The second-order valence-corrected chi connectivity index (χ2v) is 3.49. The predicted molar refractivity (Wildman–Crippen MR) is 66.3 cm³/mol. The quantitative estimate of drug-likeness (QED) is 0.735. The molecule has 0 saturated carbocycles. The Morgan fingerprint density at radius 3 is 2.63 bits per heavy atom. The Morgan fingerprint density at radius 2 is 2.11 bits per heavy atom. The van der Waals surface area contributed by atoms with Crippen molar-refractivity contribution in [1.82, 2.24) is 15.0 Å². The number of nitrogens with zero attached hydrogens (tertiary/aromatic N) is 4. The third-order valence-electron chi connectivity index (χ3n) is 1.76. The molecule has 1 aromatic heterocycles. The van der Waals surface area contributed by atoms with Crippen LogP contribution < -0.4 is 10.2 Å². The number of hydrogen-bond acceptors (Lipinski definition) is 7. The summed E-state index contributed by atoms with van der Waals surface area (Å²) in [5, 5.41) is 11.1. The highest BCUT2D eigenvalue weighted by atomic mass is 16.5. The maximum absolute atomic E-state index is 11.3. The maximum Gasteiger partial charge on any atom is 0.414 e. The van der Waals surface area contributed by atoms with Crippen LogP contribution in [0.4, 0.5) is 16.7 Å². The molecule has 9 heteroatoms. The van der Waals surface area contributed by atoms with Crippen LogP contribution in [0.15, 0.2) is 12.7 Å². The van der Waals surface area contributed by atoms with Gasteiger partial charge in [0.15, 0.2) is 0 Å². The van der Waals surface area contributed by atoms with Gasteiger partial charge in [-0.05, 0) is 0 Å². The minimum Gasteiger partial charge on any atom is -0.475 e. The summed E-state index contributed by atoms with van der Waals surface area (Å²) < 4.78 is 4.67. The lowest BCUT2D eigenvalue weighted by Gasteiger charge is -2.11. The second-order valence-electron chi connectivity index (χ2n) is 3.49. The molecule has 1 heterocycles. The number of anilines is 2. The lowest BCUT2D eigenvalue weighted by molar-refractivity contribution is 0.0683. The van der Waals surface area contributed by atoms with E-state index in [0.717, 1.165) is 0 Å². The van der Waals surface area contributed by atoms with Crippen LogP contribution in [0.3, 0.4) is 0 Å². The van der Waals surface area contributed by atoms with E-state index in [4.69, 9.17) is 5.11 Å². The van der Waals surface area contributed by atoms with Gasteiger partial charge >= 0.3 is 12.1 Å². The summed E-state index contributed by atoms with van der Waals surface area (Å²) in [4.78, 5) is 34.8. The average molecular weight is 267 g/mol. The molecule has 0 atom stereocenters. The number of ether oxygens (including phenoxy) is 1. The summed E-state index contributed by atoms with van der Waals surface area (Å²) in [6.45, 7) is 3.40. The first-order valence-corrected chi connectivity index (χ1v) is 5.15. The Bertz CT molecular complexity index is 503. The first-order valence-electron chi connectivity index (χ1n) is 5.15. The molecule has 0 spiro atoms. The van der Waals surface area contributed by atoms with Gasteiger partial charge in [0.25, 0.3) is 0 Å². The van der Waals surface area contributed by atoms with Gasteiger partial charge in [-0.3, -0.25) is 5.32 Å². The fraction of sp³-hybridized carbons (Fsp3) is 0.300. The number of aromatic carboxylic acids is 1. The van der Waals surface area contributed by atoms with Crippen molar-refractivity contribution < 1.29 is 19.4 Å². The van der Waals surface area contributed by atoms with Crippen LogP contribution in [0.2, 0.25) is 0 Å². The zero-order valence-corrected chi connectivity index (χ0v) is 10.5. The molecule has 0 aliphatic carbocycles. The van der Waals surface area contributed by atoms with Crippen molar-refractivity contribution in [3.8, 4) is 0 Å². The molecule has 2 N–H and O–H groups in total. The predicted octanol–water partition coefficient (Wildman–Crippen LogP) is 0.370. The largest absolute Gasteiger partial charge is 0.475 e. The molecule has 0 aliphatic heterocycles. The summed E-state index contributed by atoms with van der Waals surface area (Å²) in [5.74, 6) is -1.90. The van der Waals surface area contributed by atoms with Crippen molar-refractivity contribution in [2.45, 2.75) is 0 Å². The zero-order valence-electron chi connectivity index (χ0n) is 10.5. The van der Waals surface area contributed by atoms with Crippen molar-refractivity contribution in [2.75, 3.05) is 30.9 Å². The van der Waals surface area contributed by atoms with E-state index in [0.29, 0.717) is 0 Å².